The van der Waals surface area contributed by atoms with Crippen LogP contribution >= 0.6 is 0 Å². The predicted molar refractivity (Wildman–Crippen MR) is 308 cm³/mol. The molecule has 4 aromatic rings. The number of fused-ring (bicyclic) bond motifs is 1. The molecule has 1 heterocycles. The number of nitrogens with two attached hydrogens (primary N) is 1. The second kappa shape index (κ2) is 29.1. The molecule has 5 atom stereocenters. The van der Waals surface area contributed by atoms with Crippen molar-refractivity contribution in [2.24, 2.45) is 5.73 Å². The molecule has 388 valence electrons. The standard InChI is InChI=1S/C62H83N9O2/c1-40(2)22-32-57(43(7)8)71-62(73)70-56(42(5)6)21-17-18-34-64-48(13)60(37-51-27-29-52-19-15-16-20-54(52)36-51)69-61(72)53-30-25-50(26-31-53)38-65-45(10)35-59(46(11)63)68-49(14)58(33-23-41(3)4)67-47(12)55-28-24-44(9)66-39-55/h15-16,19-20,24-31,36,39,56-60,64-65,67-68H,1,3,5,7,10-14,17-18,21-23,32-35,37-38,63H2,2,4,6,8-9H3,(H,69,72)(H2,70,71,73). The van der Waals surface area contributed by atoms with E-state index in [2.05, 4.69) is 132 Å². The number of aryl methyl sites for hydroxylation is 1. The number of carbonyl (C=O) groups excluding carboxylic acids is 2. The Morgan fingerprint density at radius 3 is 1.79 bits per heavy atom. The van der Waals surface area contributed by atoms with Crippen LogP contribution in [0, 0.1) is 6.92 Å². The van der Waals surface area contributed by atoms with E-state index in [-0.39, 0.29) is 36.1 Å². The van der Waals surface area contributed by atoms with Crippen LogP contribution in [0.2, 0.25) is 0 Å². The van der Waals surface area contributed by atoms with Crippen LogP contribution in [0.1, 0.15) is 112 Å². The molecule has 3 amide bonds. The second-order valence-electron chi connectivity index (χ2n) is 19.8. The lowest BCUT2D eigenvalue weighted by Gasteiger charge is -2.29. The highest BCUT2D eigenvalue weighted by molar-refractivity contribution is 5.94. The molecule has 3 aromatic carbocycles. The fourth-order valence-corrected chi connectivity index (χ4v) is 8.17. The number of allylic oxidation sites excluding steroid dienone is 2. The highest BCUT2D eigenvalue weighted by atomic mass is 16.2. The minimum absolute atomic E-state index is 0.136. The Bertz CT molecular complexity index is 2630. The third-order valence-electron chi connectivity index (χ3n) is 12.8. The Morgan fingerprint density at radius 2 is 1.19 bits per heavy atom. The Balaban J connectivity index is 1.34. The largest absolute Gasteiger partial charge is 0.401 e. The molecule has 0 aliphatic rings. The Labute approximate surface area is 437 Å². The van der Waals surface area contributed by atoms with Crippen LogP contribution in [-0.4, -0.2) is 53.7 Å². The lowest BCUT2D eigenvalue weighted by molar-refractivity contribution is 0.0941. The molecule has 0 radical (unpaired) electrons. The lowest BCUT2D eigenvalue weighted by Crippen LogP contribution is -2.47. The van der Waals surface area contributed by atoms with E-state index in [1.807, 2.05) is 89.3 Å². The van der Waals surface area contributed by atoms with Gasteiger partial charge in [-0.2, -0.15) is 0 Å². The number of urea groups is 1. The van der Waals surface area contributed by atoms with Crippen LogP contribution in [0.3, 0.4) is 0 Å². The van der Waals surface area contributed by atoms with E-state index < -0.39 is 6.04 Å². The summed E-state index contributed by atoms with van der Waals surface area (Å²) in [5.41, 5.74) is 18.1. The molecular weight excluding hydrogens is 903 g/mol. The van der Waals surface area contributed by atoms with E-state index in [9.17, 15) is 9.59 Å². The van der Waals surface area contributed by atoms with Crippen LogP contribution in [-0.2, 0) is 13.0 Å². The molecule has 0 spiro atoms. The number of benzene rings is 3. The van der Waals surface area contributed by atoms with Crippen LogP contribution in [0.4, 0.5) is 4.79 Å². The fraction of sp³-hybridized carbons (Fsp3) is 0.339. The average Bonchev–Trinajstić information content (AvgIpc) is 3.34. The molecular formula is C62H83N9O2. The fourth-order valence-electron chi connectivity index (χ4n) is 8.17. The summed E-state index contributed by atoms with van der Waals surface area (Å²) in [4.78, 5) is 31.4. The number of pyridine rings is 1. The van der Waals surface area contributed by atoms with Gasteiger partial charge in [0.25, 0.3) is 5.91 Å². The third-order valence-corrected chi connectivity index (χ3v) is 12.8. The summed E-state index contributed by atoms with van der Waals surface area (Å²) in [5, 5.41) is 25.7. The van der Waals surface area contributed by atoms with Crippen molar-refractivity contribution in [3.63, 3.8) is 0 Å². The van der Waals surface area contributed by atoms with Crippen molar-refractivity contribution >= 4 is 28.4 Å². The molecule has 5 unspecified atom stereocenters. The summed E-state index contributed by atoms with van der Waals surface area (Å²) >= 11 is 0. The van der Waals surface area contributed by atoms with Crippen molar-refractivity contribution in [2.75, 3.05) is 6.54 Å². The lowest BCUT2D eigenvalue weighted by atomic mass is 9.99. The second-order valence-corrected chi connectivity index (χ2v) is 19.8. The van der Waals surface area contributed by atoms with Crippen LogP contribution < -0.4 is 43.0 Å². The zero-order valence-electron chi connectivity index (χ0n) is 44.5. The summed E-state index contributed by atoms with van der Waals surface area (Å²) in [7, 11) is 0. The number of rotatable bonds is 33. The molecule has 11 heteroatoms. The van der Waals surface area contributed by atoms with Gasteiger partial charge < -0.3 is 43.0 Å². The first-order valence-electron chi connectivity index (χ1n) is 25.3. The Morgan fingerprint density at radius 1 is 0.589 bits per heavy atom. The van der Waals surface area contributed by atoms with E-state index in [1.54, 1.807) is 0 Å². The van der Waals surface area contributed by atoms with Gasteiger partial charge in [-0.05, 0) is 132 Å². The van der Waals surface area contributed by atoms with E-state index >= 15 is 0 Å². The topological polar surface area (TPSA) is 157 Å². The van der Waals surface area contributed by atoms with E-state index in [0.717, 1.165) is 123 Å². The van der Waals surface area contributed by atoms with Crippen LogP contribution in [0.25, 0.3) is 16.5 Å². The molecule has 1 aromatic heterocycles. The highest BCUT2D eigenvalue weighted by Gasteiger charge is 2.22. The maximum Gasteiger partial charge on any atom is 0.315 e. The van der Waals surface area contributed by atoms with Gasteiger partial charge in [0.2, 0.25) is 0 Å². The summed E-state index contributed by atoms with van der Waals surface area (Å²) in [6.07, 6.45) is 8.33. The zero-order valence-corrected chi connectivity index (χ0v) is 44.5. The van der Waals surface area contributed by atoms with Gasteiger partial charge in [-0.3, -0.25) is 9.78 Å². The third kappa shape index (κ3) is 20.2. The maximum absolute atomic E-state index is 13.9. The van der Waals surface area contributed by atoms with Gasteiger partial charge in [-0.1, -0.05) is 123 Å². The number of amides is 3. The van der Waals surface area contributed by atoms with Crippen molar-refractivity contribution in [1.82, 2.24) is 42.2 Å². The molecule has 73 heavy (non-hydrogen) atoms. The van der Waals surface area contributed by atoms with Crippen molar-refractivity contribution in [2.45, 2.75) is 129 Å². The van der Waals surface area contributed by atoms with E-state index in [1.165, 1.54) is 0 Å². The predicted octanol–water partition coefficient (Wildman–Crippen LogP) is 11.6. The zero-order chi connectivity index (χ0) is 53.6. The van der Waals surface area contributed by atoms with Gasteiger partial charge in [-0.25, -0.2) is 4.79 Å². The SMILES string of the molecule is C=C(C)CCC(NC(=O)NC(CCCCNC(=C)C(Cc1ccc2ccccc2c1)NC(=O)c1ccc(CNC(=C)CC(NC(=C)C(CCC(=C)C)NC(=C)c2ccc(C)nc2)C(=C)N)cc1)C(=C)C)C(=C)C. The smallest absolute Gasteiger partial charge is 0.315 e. The molecule has 0 aliphatic carbocycles. The molecule has 4 rings (SSSR count). The van der Waals surface area contributed by atoms with Gasteiger partial charge in [0, 0.05) is 71.0 Å². The number of hydrogen-bond donors (Lipinski definition) is 8. The number of hydrogen-bond acceptors (Lipinski definition) is 8. The maximum atomic E-state index is 13.9. The quantitative estimate of drug-likeness (QED) is 0.0173. The van der Waals surface area contributed by atoms with Gasteiger partial charge in [0.15, 0.2) is 0 Å². The summed E-state index contributed by atoms with van der Waals surface area (Å²) in [6, 6.07) is 24.7. The van der Waals surface area contributed by atoms with Gasteiger partial charge in [0.05, 0.1) is 30.2 Å². The van der Waals surface area contributed by atoms with E-state index in [4.69, 9.17) is 5.73 Å². The summed E-state index contributed by atoms with van der Waals surface area (Å²) in [5.74, 6) is -0.203. The van der Waals surface area contributed by atoms with Crippen molar-refractivity contribution in [3.05, 3.63) is 217 Å². The molecule has 0 saturated heterocycles. The van der Waals surface area contributed by atoms with Crippen molar-refractivity contribution < 1.29 is 9.59 Å². The Hall–Kier alpha value is -7.53. The molecule has 9 N–H and O–H groups in total. The number of carbonyl (C=O) groups is 2. The van der Waals surface area contributed by atoms with Crippen LogP contribution in [0.15, 0.2) is 189 Å². The molecule has 11 nitrogen and oxygen atoms in total. The Kier molecular flexibility index (Phi) is 23.1. The van der Waals surface area contributed by atoms with Crippen molar-refractivity contribution in [1.29, 1.82) is 0 Å². The first-order valence-corrected chi connectivity index (χ1v) is 25.3. The number of unbranched alkanes of at least 4 members (excludes halogenated alkanes) is 1. The van der Waals surface area contributed by atoms with Gasteiger partial charge in [-0.15, -0.1) is 13.2 Å². The number of nitrogens with zero attached hydrogens (tertiary/aromatic N) is 1. The van der Waals surface area contributed by atoms with Crippen LogP contribution in [0.5, 0.6) is 0 Å². The first kappa shape index (κ1) is 58.0. The minimum atomic E-state index is -0.394. The monoisotopic (exact) mass is 986 g/mol. The van der Waals surface area contributed by atoms with Crippen molar-refractivity contribution in [3.8, 4) is 0 Å². The molecule has 0 bridgehead atoms. The molecule has 0 fully saturated rings. The molecule has 0 saturated carbocycles. The molecule has 0 aliphatic heterocycles. The number of aromatic nitrogens is 1. The average molecular weight is 986 g/mol. The number of nitrogens with one attached hydrogen (secondary N) is 7. The summed E-state index contributed by atoms with van der Waals surface area (Å²) in [6.45, 7) is 48.7. The normalized spacial score (nSPS) is 12.9. The first-order chi connectivity index (χ1) is 34.7. The van der Waals surface area contributed by atoms with Gasteiger partial charge in [0.1, 0.15) is 0 Å². The van der Waals surface area contributed by atoms with Gasteiger partial charge >= 0.3 is 6.03 Å². The minimum Gasteiger partial charge on any atom is -0.401 e. The summed E-state index contributed by atoms with van der Waals surface area (Å²) < 4.78 is 0. The highest BCUT2D eigenvalue weighted by Crippen LogP contribution is 2.21. The van der Waals surface area contributed by atoms with E-state index in [0.29, 0.717) is 37.2 Å².